The van der Waals surface area contributed by atoms with Crippen molar-refractivity contribution >= 4 is 17.6 Å². The third kappa shape index (κ3) is 5.00. The van der Waals surface area contributed by atoms with E-state index in [1.807, 2.05) is 13.8 Å². The maximum atomic E-state index is 12.3. The lowest BCUT2D eigenvalue weighted by Gasteiger charge is -2.08. The monoisotopic (exact) mass is 343 g/mol. The molecular formula is C18H21N3O4. The quantitative estimate of drug-likeness (QED) is 0.780. The van der Waals surface area contributed by atoms with Gasteiger partial charge in [-0.1, -0.05) is 13.8 Å². The van der Waals surface area contributed by atoms with Crippen LogP contribution in [-0.4, -0.2) is 28.3 Å². The van der Waals surface area contributed by atoms with Crippen LogP contribution in [0.15, 0.2) is 41.2 Å². The second-order valence-corrected chi connectivity index (χ2v) is 5.45. The van der Waals surface area contributed by atoms with Crippen molar-refractivity contribution in [3.8, 4) is 0 Å². The minimum atomic E-state index is -0.425. The number of aromatic nitrogens is 2. The summed E-state index contributed by atoms with van der Waals surface area (Å²) in [7, 11) is 0. The summed E-state index contributed by atoms with van der Waals surface area (Å²) < 4.78 is 6.31. The number of carbonyl (C=O) groups is 2. The van der Waals surface area contributed by atoms with E-state index in [0.29, 0.717) is 24.4 Å². The number of carbonyl (C=O) groups excluding carboxylic acids is 2. The van der Waals surface area contributed by atoms with Gasteiger partial charge in [-0.3, -0.25) is 9.59 Å². The number of nitrogens with zero attached hydrogens (tertiary/aromatic N) is 2. The van der Waals surface area contributed by atoms with E-state index in [4.69, 9.17) is 4.74 Å². The Labute approximate surface area is 145 Å². The van der Waals surface area contributed by atoms with Gasteiger partial charge < -0.3 is 10.1 Å². The number of benzene rings is 1. The number of aryl methyl sites for hydroxylation is 1. The molecule has 1 aromatic carbocycles. The summed E-state index contributed by atoms with van der Waals surface area (Å²) >= 11 is 0. The average Bonchev–Trinajstić information content (AvgIpc) is 2.62. The van der Waals surface area contributed by atoms with Gasteiger partial charge in [-0.05, 0) is 43.2 Å². The molecule has 7 nitrogen and oxygen atoms in total. The number of rotatable bonds is 7. The van der Waals surface area contributed by atoms with Crippen LogP contribution in [0.1, 0.15) is 47.5 Å². The average molecular weight is 343 g/mol. The van der Waals surface area contributed by atoms with Crippen LogP contribution in [0.3, 0.4) is 0 Å². The highest BCUT2D eigenvalue weighted by Crippen LogP contribution is 2.11. The maximum Gasteiger partial charge on any atom is 0.338 e. The van der Waals surface area contributed by atoms with Gasteiger partial charge in [-0.2, -0.15) is 5.10 Å². The minimum Gasteiger partial charge on any atom is -0.462 e. The Hall–Kier alpha value is -2.96. The molecule has 0 fully saturated rings. The Morgan fingerprint density at radius 3 is 2.44 bits per heavy atom. The summed E-state index contributed by atoms with van der Waals surface area (Å²) in [5.41, 5.74) is 0.848. The van der Waals surface area contributed by atoms with Gasteiger partial charge >= 0.3 is 5.97 Å². The number of anilines is 1. The first-order valence-corrected chi connectivity index (χ1v) is 8.21. The van der Waals surface area contributed by atoms with Gasteiger partial charge in [-0.25, -0.2) is 9.48 Å². The molecule has 1 heterocycles. The van der Waals surface area contributed by atoms with E-state index in [1.165, 1.54) is 16.8 Å². The molecule has 0 radical (unpaired) electrons. The fourth-order valence-electron chi connectivity index (χ4n) is 2.10. The van der Waals surface area contributed by atoms with Crippen molar-refractivity contribution in [3.63, 3.8) is 0 Å². The molecular weight excluding hydrogens is 322 g/mol. The minimum absolute atomic E-state index is 0.152. The molecule has 0 aliphatic rings. The van der Waals surface area contributed by atoms with Gasteiger partial charge in [0, 0.05) is 18.3 Å². The van der Waals surface area contributed by atoms with Crippen molar-refractivity contribution in [2.75, 3.05) is 11.9 Å². The predicted molar refractivity (Wildman–Crippen MR) is 93.8 cm³/mol. The van der Waals surface area contributed by atoms with Crippen LogP contribution < -0.4 is 10.9 Å². The second-order valence-electron chi connectivity index (χ2n) is 5.45. The van der Waals surface area contributed by atoms with Crippen molar-refractivity contribution < 1.29 is 14.3 Å². The van der Waals surface area contributed by atoms with Crippen molar-refractivity contribution in [3.05, 3.63) is 58.0 Å². The molecule has 2 aromatic rings. The highest BCUT2D eigenvalue weighted by Gasteiger charge is 2.11. The summed E-state index contributed by atoms with van der Waals surface area (Å²) in [5.74, 6) is -0.820. The number of esters is 1. The lowest BCUT2D eigenvalue weighted by atomic mass is 10.2. The van der Waals surface area contributed by atoms with Crippen LogP contribution in [0.25, 0.3) is 0 Å². The molecule has 2 rings (SSSR count). The number of nitrogens with one attached hydrogen (secondary N) is 1. The van der Waals surface area contributed by atoms with Crippen LogP contribution in [0.5, 0.6) is 0 Å². The number of hydrogen-bond donors (Lipinski definition) is 1. The third-order valence-corrected chi connectivity index (χ3v) is 3.35. The molecule has 0 unspecified atom stereocenters. The van der Waals surface area contributed by atoms with E-state index < -0.39 is 11.9 Å². The normalized spacial score (nSPS) is 10.3. The number of hydrogen-bond acceptors (Lipinski definition) is 5. The molecule has 25 heavy (non-hydrogen) atoms. The molecule has 0 aliphatic carbocycles. The van der Waals surface area contributed by atoms with Gasteiger partial charge in [0.05, 0.1) is 12.2 Å². The molecule has 0 saturated heterocycles. The van der Waals surface area contributed by atoms with Gasteiger partial charge in [-0.15, -0.1) is 0 Å². The van der Waals surface area contributed by atoms with Crippen molar-refractivity contribution in [2.24, 2.45) is 0 Å². The zero-order valence-corrected chi connectivity index (χ0v) is 14.3. The summed E-state index contributed by atoms with van der Waals surface area (Å²) in [6.07, 6.45) is 1.50. The molecule has 7 heteroatoms. The van der Waals surface area contributed by atoms with Crippen molar-refractivity contribution in [1.82, 2.24) is 9.78 Å². The number of amides is 1. The zero-order chi connectivity index (χ0) is 18.2. The fourth-order valence-corrected chi connectivity index (χ4v) is 2.10. The highest BCUT2D eigenvalue weighted by molar-refractivity contribution is 6.03. The first kappa shape index (κ1) is 18.4. The van der Waals surface area contributed by atoms with Crippen LogP contribution >= 0.6 is 0 Å². The van der Waals surface area contributed by atoms with E-state index in [9.17, 15) is 14.4 Å². The standard InChI is InChI=1S/C18H21N3O4/c1-3-11-21-16(22)10-9-15(20-21)17(23)19-14-7-5-13(6-8-14)18(24)25-12-4-2/h5-10H,3-4,11-12H2,1-2H3,(H,19,23). The summed E-state index contributed by atoms with van der Waals surface area (Å²) in [4.78, 5) is 35.6. The van der Waals surface area contributed by atoms with Crippen molar-refractivity contribution in [1.29, 1.82) is 0 Å². The third-order valence-electron chi connectivity index (χ3n) is 3.35. The largest absolute Gasteiger partial charge is 0.462 e. The maximum absolute atomic E-state index is 12.3. The fraction of sp³-hybridized carbons (Fsp3) is 0.333. The van der Waals surface area contributed by atoms with Crippen LogP contribution in [-0.2, 0) is 11.3 Å². The Morgan fingerprint density at radius 2 is 1.80 bits per heavy atom. The molecule has 0 aliphatic heterocycles. The smallest absolute Gasteiger partial charge is 0.338 e. The van der Waals surface area contributed by atoms with Gasteiger partial charge in [0.15, 0.2) is 0 Å². The Morgan fingerprint density at radius 1 is 1.08 bits per heavy atom. The summed E-state index contributed by atoms with van der Waals surface area (Å²) in [5, 5.41) is 6.74. The lowest BCUT2D eigenvalue weighted by molar-refractivity contribution is 0.0505. The molecule has 1 N–H and O–H groups in total. The molecule has 0 spiro atoms. The van der Waals surface area contributed by atoms with E-state index >= 15 is 0 Å². The van der Waals surface area contributed by atoms with E-state index in [0.717, 1.165) is 12.8 Å². The molecule has 132 valence electrons. The Bertz CT molecular complexity index is 797. The SMILES string of the molecule is CCCOC(=O)c1ccc(NC(=O)c2ccc(=O)n(CCC)n2)cc1. The van der Waals surface area contributed by atoms with Crippen LogP contribution in [0.4, 0.5) is 5.69 Å². The molecule has 0 bridgehead atoms. The van der Waals surface area contributed by atoms with Crippen LogP contribution in [0, 0.1) is 0 Å². The van der Waals surface area contributed by atoms with E-state index in [2.05, 4.69) is 10.4 Å². The predicted octanol–water partition coefficient (Wildman–Crippen LogP) is 2.47. The Kier molecular flexibility index (Phi) is 6.45. The Balaban J connectivity index is 2.06. The summed E-state index contributed by atoms with van der Waals surface area (Å²) in [6.45, 7) is 4.67. The summed E-state index contributed by atoms with van der Waals surface area (Å²) in [6, 6.07) is 9.10. The van der Waals surface area contributed by atoms with Gasteiger partial charge in [0.2, 0.25) is 0 Å². The first-order valence-electron chi connectivity index (χ1n) is 8.21. The van der Waals surface area contributed by atoms with E-state index in [-0.39, 0.29) is 11.3 Å². The van der Waals surface area contributed by atoms with Gasteiger partial charge in [0.1, 0.15) is 5.69 Å². The van der Waals surface area contributed by atoms with Crippen molar-refractivity contribution in [2.45, 2.75) is 33.2 Å². The molecule has 0 saturated carbocycles. The van der Waals surface area contributed by atoms with Crippen LogP contribution in [0.2, 0.25) is 0 Å². The number of ether oxygens (including phenoxy) is 1. The second kappa shape index (κ2) is 8.77. The van der Waals surface area contributed by atoms with Gasteiger partial charge in [0.25, 0.3) is 11.5 Å². The van der Waals surface area contributed by atoms with E-state index in [1.54, 1.807) is 24.3 Å². The molecule has 1 amide bonds. The zero-order valence-electron chi connectivity index (χ0n) is 14.3. The lowest BCUT2D eigenvalue weighted by Crippen LogP contribution is -2.26. The molecule has 0 atom stereocenters. The highest BCUT2D eigenvalue weighted by atomic mass is 16.5. The first-order chi connectivity index (χ1) is 12.0. The molecule has 1 aromatic heterocycles. The topological polar surface area (TPSA) is 90.3 Å².